The highest BCUT2D eigenvalue weighted by Crippen LogP contribution is 2.33. The highest BCUT2D eigenvalue weighted by Gasteiger charge is 2.21. The highest BCUT2D eigenvalue weighted by molar-refractivity contribution is 6.31. The number of nitrogens with zero attached hydrogens (tertiary/aromatic N) is 2. The van der Waals surface area contributed by atoms with Crippen LogP contribution in [0.4, 0.5) is 0 Å². The van der Waals surface area contributed by atoms with Gasteiger partial charge in [-0.3, -0.25) is 0 Å². The third-order valence-electron chi connectivity index (χ3n) is 4.97. The van der Waals surface area contributed by atoms with Crippen LogP contribution in [-0.2, 0) is 0 Å². The van der Waals surface area contributed by atoms with Gasteiger partial charge in [0.2, 0.25) is 0 Å². The monoisotopic (exact) mass is 356 g/mol. The van der Waals surface area contributed by atoms with E-state index in [1.54, 1.807) is 0 Å². The van der Waals surface area contributed by atoms with Crippen molar-refractivity contribution in [1.29, 1.82) is 0 Å². The Kier molecular flexibility index (Phi) is 3.58. The first-order valence-corrected chi connectivity index (χ1v) is 9.06. The number of hydrogen-bond acceptors (Lipinski definition) is 0. The van der Waals surface area contributed by atoms with E-state index in [0.29, 0.717) is 0 Å². The van der Waals surface area contributed by atoms with E-state index in [4.69, 9.17) is 11.6 Å². The lowest BCUT2D eigenvalue weighted by Crippen LogP contribution is -2.18. The summed E-state index contributed by atoms with van der Waals surface area (Å²) in [6.07, 6.45) is 4.24. The Morgan fingerprint density at radius 2 is 1.08 bits per heavy atom. The summed E-state index contributed by atoms with van der Waals surface area (Å²) in [6, 6.07) is 29.3. The van der Waals surface area contributed by atoms with E-state index >= 15 is 0 Å². The Hall–Kier alpha value is -2.97. The molecule has 2 nitrogen and oxygen atoms in total. The molecule has 0 unspecified atom stereocenters. The van der Waals surface area contributed by atoms with Crippen LogP contribution in [0, 0.1) is 0 Å². The third kappa shape index (κ3) is 2.34. The van der Waals surface area contributed by atoms with Gasteiger partial charge in [0.1, 0.15) is 6.17 Å². The maximum atomic E-state index is 6.63. The SMILES string of the molecule is Clc1ccccc1C(n1ccc2ccccc21)n1ccc2ccccc21. The summed E-state index contributed by atoms with van der Waals surface area (Å²) in [5.41, 5.74) is 3.46. The molecule has 2 aromatic heterocycles. The molecule has 5 aromatic rings. The lowest BCUT2D eigenvalue weighted by Gasteiger charge is -2.25. The molecule has 0 amide bonds. The first kappa shape index (κ1) is 15.3. The first-order valence-electron chi connectivity index (χ1n) is 8.68. The van der Waals surface area contributed by atoms with Crippen molar-refractivity contribution in [3.8, 4) is 0 Å². The molecule has 0 aliphatic rings. The predicted octanol–water partition coefficient (Wildman–Crippen LogP) is 6.34. The minimum atomic E-state index is -0.0523. The van der Waals surface area contributed by atoms with Crippen molar-refractivity contribution >= 4 is 33.4 Å². The van der Waals surface area contributed by atoms with Crippen molar-refractivity contribution < 1.29 is 0 Å². The first-order chi connectivity index (χ1) is 12.8. The molecule has 0 fully saturated rings. The molecule has 0 aliphatic carbocycles. The van der Waals surface area contributed by atoms with Crippen LogP contribution in [0.1, 0.15) is 11.7 Å². The number of aromatic nitrogens is 2. The smallest absolute Gasteiger partial charge is 0.137 e. The lowest BCUT2D eigenvalue weighted by atomic mass is 10.1. The second kappa shape index (κ2) is 6.08. The van der Waals surface area contributed by atoms with Gasteiger partial charge in [0.25, 0.3) is 0 Å². The number of halogens is 1. The van der Waals surface area contributed by atoms with Gasteiger partial charge in [-0.1, -0.05) is 66.2 Å². The Morgan fingerprint density at radius 1 is 0.577 bits per heavy atom. The Bertz CT molecular complexity index is 1140. The zero-order valence-corrected chi connectivity index (χ0v) is 14.8. The van der Waals surface area contributed by atoms with E-state index in [2.05, 4.69) is 88.3 Å². The van der Waals surface area contributed by atoms with Crippen molar-refractivity contribution in [2.24, 2.45) is 0 Å². The summed E-state index contributed by atoms with van der Waals surface area (Å²) in [4.78, 5) is 0. The lowest BCUT2D eigenvalue weighted by molar-refractivity contribution is 0.534. The standard InChI is InChI=1S/C23H17ClN2/c24-20-10-4-3-9-19(20)23(25-15-13-17-7-1-5-11-21(17)25)26-16-14-18-8-2-6-12-22(18)26/h1-16,23H. The van der Waals surface area contributed by atoms with E-state index in [9.17, 15) is 0 Å². The van der Waals surface area contributed by atoms with Gasteiger partial charge in [0, 0.05) is 23.0 Å². The molecule has 3 aromatic carbocycles. The molecule has 3 heteroatoms. The van der Waals surface area contributed by atoms with Gasteiger partial charge >= 0.3 is 0 Å². The van der Waals surface area contributed by atoms with Crippen LogP contribution in [0.2, 0.25) is 5.02 Å². The van der Waals surface area contributed by atoms with Gasteiger partial charge in [-0.2, -0.15) is 0 Å². The molecule has 126 valence electrons. The topological polar surface area (TPSA) is 9.86 Å². The van der Waals surface area contributed by atoms with Crippen LogP contribution in [0.5, 0.6) is 0 Å². The number of para-hydroxylation sites is 2. The fraction of sp³-hybridized carbons (Fsp3) is 0.0435. The number of rotatable bonds is 3. The van der Waals surface area contributed by atoms with Gasteiger partial charge < -0.3 is 9.13 Å². The van der Waals surface area contributed by atoms with Gasteiger partial charge in [-0.05, 0) is 41.1 Å². The summed E-state index contributed by atoms with van der Waals surface area (Å²) in [6.45, 7) is 0. The molecule has 2 heterocycles. The fourth-order valence-electron chi connectivity index (χ4n) is 3.75. The summed E-state index contributed by atoms with van der Waals surface area (Å²) in [5.74, 6) is 0. The quantitative estimate of drug-likeness (QED) is 0.356. The molecule has 26 heavy (non-hydrogen) atoms. The second-order valence-corrected chi connectivity index (χ2v) is 6.87. The van der Waals surface area contributed by atoms with E-state index in [1.165, 1.54) is 21.8 Å². The van der Waals surface area contributed by atoms with E-state index in [0.717, 1.165) is 10.6 Å². The van der Waals surface area contributed by atoms with Gasteiger partial charge in [-0.25, -0.2) is 0 Å². The van der Waals surface area contributed by atoms with Gasteiger partial charge in [0.05, 0.1) is 11.0 Å². The van der Waals surface area contributed by atoms with Crippen LogP contribution in [-0.4, -0.2) is 9.13 Å². The average molecular weight is 357 g/mol. The van der Waals surface area contributed by atoms with Crippen molar-refractivity contribution in [3.63, 3.8) is 0 Å². The van der Waals surface area contributed by atoms with Crippen LogP contribution >= 0.6 is 11.6 Å². The maximum Gasteiger partial charge on any atom is 0.137 e. The Labute approximate surface area is 156 Å². The maximum absolute atomic E-state index is 6.63. The largest absolute Gasteiger partial charge is 0.322 e. The molecule has 0 saturated heterocycles. The van der Waals surface area contributed by atoms with Crippen molar-refractivity contribution in [3.05, 3.63) is 108 Å². The molecule has 0 spiro atoms. The number of hydrogen-bond donors (Lipinski definition) is 0. The molecule has 0 bridgehead atoms. The minimum Gasteiger partial charge on any atom is -0.322 e. The molecule has 0 radical (unpaired) electrons. The molecule has 0 N–H and O–H groups in total. The summed E-state index contributed by atoms with van der Waals surface area (Å²) >= 11 is 6.63. The van der Waals surface area contributed by atoms with Crippen LogP contribution in [0.3, 0.4) is 0 Å². The average Bonchev–Trinajstić information content (AvgIpc) is 3.29. The van der Waals surface area contributed by atoms with Crippen LogP contribution in [0.15, 0.2) is 97.3 Å². The molecule has 0 saturated carbocycles. The van der Waals surface area contributed by atoms with Crippen molar-refractivity contribution in [2.75, 3.05) is 0 Å². The summed E-state index contributed by atoms with van der Waals surface area (Å²) < 4.78 is 4.59. The summed E-state index contributed by atoms with van der Waals surface area (Å²) in [7, 11) is 0. The highest BCUT2D eigenvalue weighted by atomic mass is 35.5. The third-order valence-corrected chi connectivity index (χ3v) is 5.31. The zero-order chi connectivity index (χ0) is 17.5. The molecular formula is C23H17ClN2. The number of benzene rings is 3. The van der Waals surface area contributed by atoms with Gasteiger partial charge in [-0.15, -0.1) is 0 Å². The normalized spacial score (nSPS) is 11.6. The Balaban J connectivity index is 1.83. The minimum absolute atomic E-state index is 0.0523. The van der Waals surface area contributed by atoms with Crippen LogP contribution < -0.4 is 0 Å². The molecular weight excluding hydrogens is 340 g/mol. The van der Waals surface area contributed by atoms with E-state index in [-0.39, 0.29) is 6.17 Å². The number of fused-ring (bicyclic) bond motifs is 2. The second-order valence-electron chi connectivity index (χ2n) is 6.46. The summed E-state index contributed by atoms with van der Waals surface area (Å²) in [5, 5.41) is 3.22. The van der Waals surface area contributed by atoms with Crippen LogP contribution in [0.25, 0.3) is 21.8 Å². The molecule has 5 rings (SSSR count). The van der Waals surface area contributed by atoms with Crippen molar-refractivity contribution in [2.45, 2.75) is 6.17 Å². The molecule has 0 atom stereocenters. The van der Waals surface area contributed by atoms with E-state index in [1.807, 2.05) is 18.2 Å². The Morgan fingerprint density at radius 3 is 1.65 bits per heavy atom. The fourth-order valence-corrected chi connectivity index (χ4v) is 3.99. The molecule has 0 aliphatic heterocycles. The van der Waals surface area contributed by atoms with Gasteiger partial charge in [0.15, 0.2) is 0 Å². The van der Waals surface area contributed by atoms with Crippen molar-refractivity contribution in [1.82, 2.24) is 9.13 Å². The zero-order valence-electron chi connectivity index (χ0n) is 14.1. The van der Waals surface area contributed by atoms with E-state index < -0.39 is 0 Å². The predicted molar refractivity (Wildman–Crippen MR) is 109 cm³/mol.